The van der Waals surface area contributed by atoms with Crippen LogP contribution < -0.4 is 10.1 Å². The predicted octanol–water partition coefficient (Wildman–Crippen LogP) is 2.89. The van der Waals surface area contributed by atoms with Gasteiger partial charge in [0.15, 0.2) is 4.96 Å². The molecule has 4 rings (SSSR count). The highest BCUT2D eigenvalue weighted by Crippen LogP contribution is 2.23. The molecule has 1 fully saturated rings. The van der Waals surface area contributed by atoms with Crippen LogP contribution in [0.15, 0.2) is 18.5 Å². The number of rotatable bonds is 5. The summed E-state index contributed by atoms with van der Waals surface area (Å²) in [6.07, 6.45) is 6.07. The maximum atomic E-state index is 5.16. The highest BCUT2D eigenvalue weighted by atomic mass is 32.1. The van der Waals surface area contributed by atoms with Gasteiger partial charge in [-0.05, 0) is 26.7 Å². The summed E-state index contributed by atoms with van der Waals surface area (Å²) in [5.41, 5.74) is 2.45. The maximum absolute atomic E-state index is 5.16. The van der Waals surface area contributed by atoms with Crippen LogP contribution in [0.25, 0.3) is 4.96 Å². The van der Waals surface area contributed by atoms with E-state index in [2.05, 4.69) is 44.6 Å². The summed E-state index contributed by atoms with van der Waals surface area (Å²) >= 11 is 1.75. The van der Waals surface area contributed by atoms with Crippen LogP contribution in [0, 0.1) is 13.8 Å². The summed E-state index contributed by atoms with van der Waals surface area (Å²) in [4.78, 5) is 18.2. The van der Waals surface area contributed by atoms with Crippen molar-refractivity contribution in [3.8, 4) is 5.88 Å². The molecule has 138 valence electrons. The molecule has 0 bridgehead atoms. The van der Waals surface area contributed by atoms with E-state index in [1.165, 1.54) is 10.6 Å². The molecule has 1 saturated heterocycles. The van der Waals surface area contributed by atoms with E-state index >= 15 is 0 Å². The van der Waals surface area contributed by atoms with Crippen molar-refractivity contribution in [2.45, 2.75) is 39.3 Å². The lowest BCUT2D eigenvalue weighted by Crippen LogP contribution is -2.39. The molecule has 8 heteroatoms. The average Bonchev–Trinajstić information content (AvgIpc) is 3.13. The van der Waals surface area contributed by atoms with Crippen molar-refractivity contribution in [1.82, 2.24) is 24.3 Å². The van der Waals surface area contributed by atoms with Crippen LogP contribution in [0.4, 0.5) is 5.95 Å². The number of thiazole rings is 1. The molecule has 1 aliphatic heterocycles. The van der Waals surface area contributed by atoms with Crippen LogP contribution in [-0.2, 0) is 6.54 Å². The Hall–Kier alpha value is -2.19. The average molecular weight is 372 g/mol. The lowest BCUT2D eigenvalue weighted by atomic mass is 10.0. The van der Waals surface area contributed by atoms with Gasteiger partial charge in [-0.15, -0.1) is 11.3 Å². The molecule has 0 unspecified atom stereocenters. The first-order valence-electron chi connectivity index (χ1n) is 8.92. The molecule has 3 aromatic heterocycles. The SMILES string of the molecule is COc1ccnc(NC2CCN(Cc3c(C)nc4sc(C)cn34)CC2)n1. The summed E-state index contributed by atoms with van der Waals surface area (Å²) in [5, 5.41) is 3.43. The monoisotopic (exact) mass is 372 g/mol. The fourth-order valence-electron chi connectivity index (χ4n) is 3.45. The van der Waals surface area contributed by atoms with Crippen molar-refractivity contribution in [3.05, 3.63) is 34.7 Å². The summed E-state index contributed by atoms with van der Waals surface area (Å²) in [6.45, 7) is 7.30. The standard InChI is InChI=1S/C18H24N6OS/c1-12-10-24-15(13(2)20-18(24)26-12)11-23-8-5-14(6-9-23)21-17-19-7-4-16(22-17)25-3/h4,7,10,14H,5-6,8-9,11H2,1-3H3,(H,19,21,22). The number of fused-ring (bicyclic) bond motifs is 1. The third-order valence-electron chi connectivity index (χ3n) is 4.87. The van der Waals surface area contributed by atoms with Gasteiger partial charge < -0.3 is 10.1 Å². The van der Waals surface area contributed by atoms with Crippen LogP contribution >= 0.6 is 11.3 Å². The number of imidazole rings is 1. The van der Waals surface area contributed by atoms with E-state index in [4.69, 9.17) is 9.72 Å². The van der Waals surface area contributed by atoms with Gasteiger partial charge in [-0.2, -0.15) is 4.98 Å². The Balaban J connectivity index is 1.36. The molecule has 0 aliphatic carbocycles. The number of aromatic nitrogens is 4. The zero-order chi connectivity index (χ0) is 18.1. The minimum atomic E-state index is 0.397. The van der Waals surface area contributed by atoms with Crippen molar-refractivity contribution < 1.29 is 4.74 Å². The first-order chi connectivity index (χ1) is 12.6. The molecule has 1 aliphatic rings. The Bertz CT molecular complexity index is 896. The first kappa shape index (κ1) is 17.2. The molecule has 4 heterocycles. The van der Waals surface area contributed by atoms with Crippen LogP contribution in [0.3, 0.4) is 0 Å². The Morgan fingerprint density at radius 2 is 2.08 bits per heavy atom. The fourth-order valence-corrected chi connectivity index (χ4v) is 4.34. The lowest BCUT2D eigenvalue weighted by molar-refractivity contribution is 0.208. The van der Waals surface area contributed by atoms with E-state index in [1.807, 2.05) is 0 Å². The molecular formula is C18H24N6OS. The number of piperidine rings is 1. The molecule has 0 atom stereocenters. The minimum absolute atomic E-state index is 0.397. The second-order valence-electron chi connectivity index (χ2n) is 6.76. The Morgan fingerprint density at radius 3 is 2.85 bits per heavy atom. The van der Waals surface area contributed by atoms with Crippen LogP contribution in [0.2, 0.25) is 0 Å². The molecular weight excluding hydrogens is 348 g/mol. The minimum Gasteiger partial charge on any atom is -0.481 e. The van der Waals surface area contributed by atoms with Crippen LogP contribution in [0.5, 0.6) is 5.88 Å². The van der Waals surface area contributed by atoms with E-state index in [0.29, 0.717) is 17.9 Å². The van der Waals surface area contributed by atoms with Gasteiger partial charge >= 0.3 is 0 Å². The quantitative estimate of drug-likeness (QED) is 0.743. The van der Waals surface area contributed by atoms with Crippen LogP contribution in [0.1, 0.15) is 29.1 Å². The Morgan fingerprint density at radius 1 is 1.27 bits per heavy atom. The third-order valence-corrected chi connectivity index (χ3v) is 5.77. The van der Waals surface area contributed by atoms with Gasteiger partial charge in [0.2, 0.25) is 11.8 Å². The molecule has 0 radical (unpaired) electrons. The van der Waals surface area contributed by atoms with Crippen molar-refractivity contribution >= 4 is 22.2 Å². The van der Waals surface area contributed by atoms with Gasteiger partial charge in [0, 0.05) is 49.0 Å². The van der Waals surface area contributed by atoms with Gasteiger partial charge in [0.05, 0.1) is 18.5 Å². The van der Waals surface area contributed by atoms with Gasteiger partial charge in [0.1, 0.15) is 0 Å². The van der Waals surface area contributed by atoms with E-state index in [-0.39, 0.29) is 0 Å². The number of hydrogen-bond donors (Lipinski definition) is 1. The lowest BCUT2D eigenvalue weighted by Gasteiger charge is -2.32. The molecule has 26 heavy (non-hydrogen) atoms. The molecule has 0 spiro atoms. The number of nitrogens with zero attached hydrogens (tertiary/aromatic N) is 5. The normalized spacial score (nSPS) is 16.3. The summed E-state index contributed by atoms with van der Waals surface area (Å²) in [6, 6.07) is 2.16. The third kappa shape index (κ3) is 3.52. The van der Waals surface area contributed by atoms with Gasteiger partial charge in [0.25, 0.3) is 0 Å². The number of likely N-dealkylation sites (tertiary alicyclic amines) is 1. The number of nitrogens with one attached hydrogen (secondary N) is 1. The summed E-state index contributed by atoms with van der Waals surface area (Å²) in [7, 11) is 1.62. The van der Waals surface area contributed by atoms with Crippen LogP contribution in [-0.4, -0.2) is 50.5 Å². The van der Waals surface area contributed by atoms with Crippen molar-refractivity contribution in [2.75, 3.05) is 25.5 Å². The number of hydrogen-bond acceptors (Lipinski definition) is 7. The highest BCUT2D eigenvalue weighted by Gasteiger charge is 2.22. The molecule has 3 aromatic rings. The molecule has 0 aromatic carbocycles. The number of methoxy groups -OCH3 is 1. The second kappa shape index (κ2) is 7.20. The Labute approximate surface area is 157 Å². The number of ether oxygens (including phenoxy) is 1. The van der Waals surface area contributed by atoms with E-state index in [0.717, 1.165) is 43.1 Å². The summed E-state index contributed by atoms with van der Waals surface area (Å²) < 4.78 is 7.41. The zero-order valence-corrected chi connectivity index (χ0v) is 16.2. The second-order valence-corrected chi connectivity index (χ2v) is 7.97. The highest BCUT2D eigenvalue weighted by molar-refractivity contribution is 7.17. The fraction of sp³-hybridized carbons (Fsp3) is 0.500. The van der Waals surface area contributed by atoms with Crippen molar-refractivity contribution in [3.63, 3.8) is 0 Å². The zero-order valence-electron chi connectivity index (χ0n) is 15.4. The van der Waals surface area contributed by atoms with E-state index < -0.39 is 0 Å². The van der Waals surface area contributed by atoms with Crippen molar-refractivity contribution in [1.29, 1.82) is 0 Å². The Kier molecular flexibility index (Phi) is 4.78. The largest absolute Gasteiger partial charge is 0.481 e. The number of aryl methyl sites for hydroxylation is 2. The first-order valence-corrected chi connectivity index (χ1v) is 9.74. The summed E-state index contributed by atoms with van der Waals surface area (Å²) in [5.74, 6) is 1.23. The van der Waals surface area contributed by atoms with Gasteiger partial charge in [-0.25, -0.2) is 9.97 Å². The van der Waals surface area contributed by atoms with E-state index in [1.54, 1.807) is 30.7 Å². The molecule has 7 nitrogen and oxygen atoms in total. The molecule has 0 saturated carbocycles. The topological polar surface area (TPSA) is 67.6 Å². The van der Waals surface area contributed by atoms with Gasteiger partial charge in [-0.3, -0.25) is 9.30 Å². The maximum Gasteiger partial charge on any atom is 0.226 e. The number of anilines is 1. The predicted molar refractivity (Wildman–Crippen MR) is 103 cm³/mol. The van der Waals surface area contributed by atoms with E-state index in [9.17, 15) is 0 Å². The molecule has 0 amide bonds. The molecule has 1 N–H and O–H groups in total. The van der Waals surface area contributed by atoms with Crippen molar-refractivity contribution in [2.24, 2.45) is 0 Å². The van der Waals surface area contributed by atoms with Gasteiger partial charge in [-0.1, -0.05) is 0 Å². The smallest absolute Gasteiger partial charge is 0.226 e.